The molecule has 5 atom stereocenters. The Kier molecular flexibility index (Phi) is 37.1. The van der Waals surface area contributed by atoms with E-state index in [2.05, 4.69) is 67.8 Å². The minimum atomic E-state index is -4.40. The van der Waals surface area contributed by atoms with Crippen LogP contribution in [0.5, 0.6) is 17.2 Å². The van der Waals surface area contributed by atoms with Gasteiger partial charge < -0.3 is 102 Å². The van der Waals surface area contributed by atoms with Gasteiger partial charge >= 0.3 is 30.0 Å². The zero-order valence-corrected chi connectivity index (χ0v) is 80.3. The van der Waals surface area contributed by atoms with Crippen molar-refractivity contribution in [3.63, 3.8) is 0 Å². The number of hydrogen-bond donors (Lipinski definition) is 16. The van der Waals surface area contributed by atoms with E-state index in [1.807, 2.05) is 27.7 Å². The molecule has 46 nitrogen and oxygen atoms in total. The molecular formula is C86H118N22O24S3. The van der Waals surface area contributed by atoms with Crippen molar-refractivity contribution in [1.29, 1.82) is 5.41 Å². The molecule has 0 saturated carbocycles. The van der Waals surface area contributed by atoms with Crippen LogP contribution in [0.15, 0.2) is 53.4 Å². The lowest BCUT2D eigenvalue weighted by molar-refractivity contribution is -0.158. The number of carbonyl (C=O) groups excluding carboxylic acids is 12. The number of rotatable bonds is 48. The van der Waals surface area contributed by atoms with Crippen LogP contribution in [0.4, 0.5) is 16.7 Å². The van der Waals surface area contributed by atoms with Gasteiger partial charge in [-0.25, -0.2) is 32.7 Å². The number of carbonyl (C=O) groups is 14. The van der Waals surface area contributed by atoms with E-state index in [-0.39, 0.29) is 145 Å². The number of nitrogens with two attached hydrogens (primary N) is 3. The van der Waals surface area contributed by atoms with E-state index in [1.54, 1.807) is 68.0 Å². The average molecular weight is 1940 g/mol. The normalized spacial score (nSPS) is 13.5. The minimum Gasteiger partial charge on any atom is -0.494 e. The third-order valence-corrected chi connectivity index (χ3v) is 24.3. The van der Waals surface area contributed by atoms with Gasteiger partial charge in [0.05, 0.1) is 66.3 Å². The van der Waals surface area contributed by atoms with Crippen LogP contribution in [-0.4, -0.2) is 245 Å². The fourth-order valence-electron chi connectivity index (χ4n) is 14.2. The molecule has 0 aliphatic carbocycles. The lowest BCUT2D eigenvalue weighted by atomic mass is 9.94. The van der Waals surface area contributed by atoms with Gasteiger partial charge in [0.2, 0.25) is 59.2 Å². The number of anilines is 2. The zero-order valence-electron chi connectivity index (χ0n) is 77.9. The number of imidazole rings is 2. The average Bonchev–Trinajstić information content (AvgIpc) is 1.62. The van der Waals surface area contributed by atoms with Crippen LogP contribution in [0.2, 0.25) is 0 Å². The van der Waals surface area contributed by atoms with E-state index in [4.69, 9.17) is 56.0 Å². The molecule has 0 bridgehead atoms. The molecule has 10 amide bonds. The zero-order chi connectivity index (χ0) is 100. The Morgan fingerprint density at radius 2 is 1.12 bits per heavy atom. The van der Waals surface area contributed by atoms with E-state index in [9.17, 15) is 85.8 Å². The van der Waals surface area contributed by atoms with Crippen LogP contribution < -0.4 is 84.0 Å². The van der Waals surface area contributed by atoms with Gasteiger partial charge in [-0.05, 0) is 176 Å². The van der Waals surface area contributed by atoms with Crippen LogP contribution in [0.25, 0.3) is 22.1 Å². The number of hydrogen-bond acceptors (Lipinski definition) is 30. The van der Waals surface area contributed by atoms with Crippen molar-refractivity contribution in [2.24, 2.45) is 17.2 Å². The summed E-state index contributed by atoms with van der Waals surface area (Å²) in [4.78, 5) is 196. The Balaban J connectivity index is 0.853. The number of methoxy groups -OCH3 is 1. The number of allylic oxidation sites excluding steroid dienone is 2. The predicted molar refractivity (Wildman–Crippen MR) is 496 cm³/mol. The van der Waals surface area contributed by atoms with Gasteiger partial charge in [-0.15, -0.1) is 0 Å². The number of alkyl carbamates (subject to hydrolysis) is 1. The van der Waals surface area contributed by atoms with Gasteiger partial charge in [0, 0.05) is 86.9 Å². The number of fused-ring (bicyclic) bond motifs is 3. The smallest absolute Gasteiger partial charge is 0.407 e. The SMILES string of the molecule is CCn1nc(C)cc1C(=O)Nc1nc2cc(C(N)=O)cc(OC)c2n1C/C=C/Cn1c(NC(=O)c2cc(C)nn2CC)nc2cc(C(N)=O)cc(OCCCNC(=O)CCNC(=O)OCCSSC[C@H](NC(=O)[C@H](CC(=O)OC(C)(C)C)NC(=O)[C@H](CC(=O)OC(C)(C)C)NC(=O)[C@H](CCCNC(=N)NS(=O)(=O)c3c(C)c(C)c4c(c3C)CC(C)(C)O4)NC(=O)[C@@H](N)CC(=O)O)C(=O)O)c21. The number of carboxylic acid groups (broad SMARTS) is 2. The summed E-state index contributed by atoms with van der Waals surface area (Å²) >= 11 is 0. The van der Waals surface area contributed by atoms with Gasteiger partial charge in [-0.1, -0.05) is 33.7 Å². The van der Waals surface area contributed by atoms with E-state index in [0.717, 1.165) is 21.6 Å². The summed E-state index contributed by atoms with van der Waals surface area (Å²) in [6.07, 6.45) is -0.358. The molecule has 0 radical (unpaired) electrons. The monoisotopic (exact) mass is 1940 g/mol. The lowest BCUT2D eigenvalue weighted by Crippen LogP contribution is -2.59. The molecule has 7 aromatic rings. The summed E-state index contributed by atoms with van der Waals surface area (Å²) in [6, 6.07) is -0.145. The number of aryl methyl sites for hydroxylation is 4. The number of guanidine groups is 1. The van der Waals surface area contributed by atoms with Crippen LogP contribution in [0.3, 0.4) is 0 Å². The van der Waals surface area contributed by atoms with Crippen molar-refractivity contribution in [2.75, 3.05) is 62.1 Å². The number of nitrogens with zero attached hydrogens (tertiary/aromatic N) is 8. The number of benzene rings is 3. The number of sulfonamides is 1. The number of amides is 10. The van der Waals surface area contributed by atoms with Crippen molar-refractivity contribution in [1.82, 2.24) is 80.6 Å². The van der Waals surface area contributed by atoms with Crippen LogP contribution in [0.1, 0.15) is 190 Å². The lowest BCUT2D eigenvalue weighted by Gasteiger charge is -2.27. The second-order valence-corrected chi connectivity index (χ2v) is 38.2. The Morgan fingerprint density at radius 1 is 0.622 bits per heavy atom. The summed E-state index contributed by atoms with van der Waals surface area (Å²) < 4.78 is 70.7. The maximum absolute atomic E-state index is 14.5. The van der Waals surface area contributed by atoms with Crippen molar-refractivity contribution in [2.45, 2.75) is 233 Å². The van der Waals surface area contributed by atoms with Crippen molar-refractivity contribution >= 4 is 155 Å². The number of primary amides is 2. The van der Waals surface area contributed by atoms with E-state index in [0.29, 0.717) is 69.9 Å². The summed E-state index contributed by atoms with van der Waals surface area (Å²) in [7, 11) is -1.06. The molecule has 0 saturated heterocycles. The maximum Gasteiger partial charge on any atom is 0.407 e. The molecule has 49 heteroatoms. The Labute approximate surface area is 785 Å². The molecule has 19 N–H and O–H groups in total. The Bertz CT molecular complexity index is 5830. The number of nitrogens with one attached hydrogen (secondary N) is 11. The molecule has 5 heterocycles. The van der Waals surface area contributed by atoms with Crippen molar-refractivity contribution in [3.05, 3.63) is 105 Å². The molecule has 1 aliphatic rings. The van der Waals surface area contributed by atoms with E-state index < -0.39 is 165 Å². The van der Waals surface area contributed by atoms with Gasteiger partial charge in [0.15, 0.2) is 0 Å². The van der Waals surface area contributed by atoms with Gasteiger partial charge in [-0.2, -0.15) is 10.2 Å². The first-order valence-electron chi connectivity index (χ1n) is 43.0. The quantitative estimate of drug-likeness (QED) is 0.00487. The molecule has 4 aromatic heterocycles. The first kappa shape index (κ1) is 107. The Hall–Kier alpha value is -13.6. The second kappa shape index (κ2) is 46.9. The first-order valence-corrected chi connectivity index (χ1v) is 46.9. The van der Waals surface area contributed by atoms with Crippen LogP contribution in [0, 0.1) is 40.0 Å². The molecule has 0 spiro atoms. The minimum absolute atomic E-state index is 0.0100. The highest BCUT2D eigenvalue weighted by atomic mass is 33.1. The fourth-order valence-corrected chi connectivity index (χ4v) is 17.7. The predicted octanol–water partition coefficient (Wildman–Crippen LogP) is 4.00. The standard InChI is InChI=1S/C86H118N22O24S3/c1-17-107-59(33-44(3)102-107)77(120)100-81-98-54-35-49(71(88)114)37-61(127-16)67(54)105(81)28-19-20-29-106-68-55(99-82(106)101-78(121)60-34-45(4)103-108(60)18-2)36-50(72(89)115)38-62(68)128-30-22-26-91-63(109)24-27-93-83(124)129-31-32-133-134-43-58(79(122)123)97-76(119)57(41-66(113)131-85(11,12)13)96-75(118)56(40-65(112)130-84(8,9)10)95-74(117)53(94-73(116)52(87)39-64(110)111)23-21-25-92-80(90)104-135(125,126)70-47(6)46(5)69-51(48(70)7)42-86(14,15)132-69/h19-20,33-38,52-53,56-58H,17-18,21-32,39-43,87H2,1-16H3,(H2,88,114)(H2,89,115)(H,91,109)(H,93,124)(H,94,116)(H,95,117)(H,96,118)(H,97,119)(H,110,111)(H,122,123)(H3,90,92,104)(H,98,100,120)(H,99,101,121)/b20-19+/t52-,53-,56-,57-,58-/m0/s1. The highest BCUT2D eigenvalue weighted by Gasteiger charge is 2.40. The highest BCUT2D eigenvalue weighted by molar-refractivity contribution is 8.76. The van der Waals surface area contributed by atoms with Gasteiger partial charge in [0.25, 0.3) is 21.8 Å². The first-order chi connectivity index (χ1) is 63.3. The third kappa shape index (κ3) is 30.2. The topological polar surface area (TPSA) is 662 Å². The van der Waals surface area contributed by atoms with Crippen molar-refractivity contribution in [3.8, 4) is 17.2 Å². The maximum atomic E-state index is 14.5. The largest absolute Gasteiger partial charge is 0.494 e. The summed E-state index contributed by atoms with van der Waals surface area (Å²) in [5.41, 5.74) is 19.6. The van der Waals surface area contributed by atoms with Crippen molar-refractivity contribution < 1.29 is 114 Å². The number of esters is 2. The molecule has 0 unspecified atom stereocenters. The number of aromatic nitrogens is 8. The van der Waals surface area contributed by atoms with E-state index >= 15 is 0 Å². The molecule has 135 heavy (non-hydrogen) atoms. The number of ether oxygens (including phenoxy) is 6. The molecule has 1 aliphatic heterocycles. The number of carboxylic acids is 2. The summed E-state index contributed by atoms with van der Waals surface area (Å²) in [5, 5.41) is 59.9. The van der Waals surface area contributed by atoms with E-state index in [1.165, 1.54) is 82.3 Å². The highest BCUT2D eigenvalue weighted by Crippen LogP contribution is 2.44. The number of aliphatic carboxylic acids is 2. The molecule has 734 valence electrons. The van der Waals surface area contributed by atoms with Gasteiger partial charge in [0.1, 0.15) is 87.2 Å². The van der Waals surface area contributed by atoms with Crippen LogP contribution >= 0.6 is 21.6 Å². The fraction of sp³-hybridized carbons (Fsp3) is 0.500. The Morgan fingerprint density at radius 3 is 1.61 bits per heavy atom. The van der Waals surface area contributed by atoms with Crippen LogP contribution in [-0.2, 0) is 100.0 Å². The molecule has 3 aromatic carbocycles. The summed E-state index contributed by atoms with van der Waals surface area (Å²) in [5.74, 6) is -13.2. The summed E-state index contributed by atoms with van der Waals surface area (Å²) in [6.45, 7) is 25.0. The van der Waals surface area contributed by atoms with Gasteiger partial charge in [-0.3, -0.25) is 82.9 Å². The second-order valence-electron chi connectivity index (χ2n) is 34.0. The molecule has 8 rings (SSSR count). The molecule has 0 fully saturated rings. The molecular weight excluding hydrogens is 1820 g/mol. The third-order valence-electron chi connectivity index (χ3n) is 20.3.